The number of hydrogen-bond donors (Lipinski definition) is 2. The van der Waals surface area contributed by atoms with Crippen molar-refractivity contribution in [3.63, 3.8) is 0 Å². The first-order valence-corrected chi connectivity index (χ1v) is 7.03. The molecule has 2 aromatic heterocycles. The van der Waals surface area contributed by atoms with Gasteiger partial charge in [0.15, 0.2) is 0 Å². The van der Waals surface area contributed by atoms with Crippen molar-refractivity contribution in [2.24, 2.45) is 5.41 Å². The molecule has 0 bridgehead atoms. The van der Waals surface area contributed by atoms with Crippen LogP contribution in [0.25, 0.3) is 11.0 Å². The summed E-state index contributed by atoms with van der Waals surface area (Å²) in [5, 5.41) is 4.65. The molecule has 2 aliphatic rings. The first-order valence-electron chi connectivity index (χ1n) is 7.03. The molecule has 0 amide bonds. The van der Waals surface area contributed by atoms with Gasteiger partial charge in [-0.25, -0.2) is 9.97 Å². The number of hydrogen-bond acceptors (Lipinski definition) is 4. The van der Waals surface area contributed by atoms with Crippen molar-refractivity contribution in [3.05, 3.63) is 18.1 Å². The van der Waals surface area contributed by atoms with Crippen molar-refractivity contribution in [3.8, 4) is 0 Å². The van der Waals surface area contributed by atoms with Crippen LogP contribution in [0.1, 0.15) is 18.7 Å². The zero-order valence-electron chi connectivity index (χ0n) is 11.2. The first kappa shape index (κ1) is 11.2. The molecule has 1 unspecified atom stereocenters. The third-order valence-electron chi connectivity index (χ3n) is 4.58. The summed E-state index contributed by atoms with van der Waals surface area (Å²) >= 11 is 0. The molecule has 5 nitrogen and oxygen atoms in total. The maximum Gasteiger partial charge on any atom is 0.143 e. The lowest BCUT2D eigenvalue weighted by atomic mass is 9.87. The van der Waals surface area contributed by atoms with E-state index in [-0.39, 0.29) is 0 Å². The van der Waals surface area contributed by atoms with Gasteiger partial charge in [-0.15, -0.1) is 0 Å². The number of aryl methyl sites for hydroxylation is 1. The summed E-state index contributed by atoms with van der Waals surface area (Å²) in [5.41, 5.74) is 1.43. The van der Waals surface area contributed by atoms with Crippen molar-refractivity contribution in [1.82, 2.24) is 20.3 Å². The first-order chi connectivity index (χ1) is 9.26. The molecular weight excluding hydrogens is 238 g/mol. The fraction of sp³-hybridized carbons (Fsp3) is 0.571. The summed E-state index contributed by atoms with van der Waals surface area (Å²) in [4.78, 5) is 14.8. The topological polar surface area (TPSA) is 56.8 Å². The van der Waals surface area contributed by atoms with Crippen LogP contribution in [0.3, 0.4) is 0 Å². The minimum atomic E-state index is 0.474. The van der Waals surface area contributed by atoms with Gasteiger partial charge in [0.1, 0.15) is 17.3 Å². The van der Waals surface area contributed by atoms with Crippen molar-refractivity contribution >= 4 is 16.9 Å². The summed E-state index contributed by atoms with van der Waals surface area (Å²) in [6.45, 7) is 6.52. The number of fused-ring (bicyclic) bond motifs is 1. The Morgan fingerprint density at radius 1 is 1.32 bits per heavy atom. The number of nitrogens with one attached hydrogen (secondary N) is 2. The smallest absolute Gasteiger partial charge is 0.143 e. The van der Waals surface area contributed by atoms with Crippen LogP contribution in [-0.4, -0.2) is 41.1 Å². The SMILES string of the molecule is Cc1nc(N2CCC3(CCNC3)C2)c2cc[nH]c2n1. The van der Waals surface area contributed by atoms with Gasteiger partial charge in [-0.1, -0.05) is 0 Å². The Morgan fingerprint density at radius 2 is 2.26 bits per heavy atom. The second-order valence-electron chi connectivity index (χ2n) is 5.93. The van der Waals surface area contributed by atoms with E-state index in [1.54, 1.807) is 0 Å². The van der Waals surface area contributed by atoms with Crippen molar-refractivity contribution in [2.75, 3.05) is 31.1 Å². The summed E-state index contributed by atoms with van der Waals surface area (Å²) in [7, 11) is 0. The van der Waals surface area contributed by atoms with Crippen LogP contribution < -0.4 is 10.2 Å². The van der Waals surface area contributed by atoms with Crippen LogP contribution in [0.2, 0.25) is 0 Å². The van der Waals surface area contributed by atoms with E-state index in [4.69, 9.17) is 0 Å². The lowest BCUT2D eigenvalue weighted by Gasteiger charge is -2.23. The number of aromatic nitrogens is 3. The summed E-state index contributed by atoms with van der Waals surface area (Å²) in [6, 6.07) is 2.09. The van der Waals surface area contributed by atoms with Crippen LogP contribution in [0.5, 0.6) is 0 Å². The largest absolute Gasteiger partial charge is 0.355 e. The van der Waals surface area contributed by atoms with E-state index in [1.165, 1.54) is 12.8 Å². The highest BCUT2D eigenvalue weighted by atomic mass is 15.2. The molecular formula is C14H19N5. The molecule has 1 atom stereocenters. The molecule has 2 N–H and O–H groups in total. The van der Waals surface area contributed by atoms with E-state index < -0.39 is 0 Å². The minimum Gasteiger partial charge on any atom is -0.355 e. The number of rotatable bonds is 1. The van der Waals surface area contributed by atoms with E-state index in [1.807, 2.05) is 13.1 Å². The monoisotopic (exact) mass is 257 g/mol. The van der Waals surface area contributed by atoms with Crippen LogP contribution in [0.4, 0.5) is 5.82 Å². The third kappa shape index (κ3) is 1.72. The summed E-state index contributed by atoms with van der Waals surface area (Å²) < 4.78 is 0. The van der Waals surface area contributed by atoms with E-state index >= 15 is 0 Å². The average molecular weight is 257 g/mol. The van der Waals surface area contributed by atoms with E-state index in [0.717, 1.165) is 48.9 Å². The lowest BCUT2D eigenvalue weighted by Crippen LogP contribution is -2.29. The second-order valence-corrected chi connectivity index (χ2v) is 5.93. The molecule has 4 heterocycles. The van der Waals surface area contributed by atoms with Crippen LogP contribution >= 0.6 is 0 Å². The molecule has 19 heavy (non-hydrogen) atoms. The zero-order valence-corrected chi connectivity index (χ0v) is 11.2. The molecule has 1 spiro atoms. The maximum atomic E-state index is 4.68. The Morgan fingerprint density at radius 3 is 3.11 bits per heavy atom. The zero-order chi connectivity index (χ0) is 12.9. The predicted octanol–water partition coefficient (Wildman–Crippen LogP) is 1.46. The van der Waals surface area contributed by atoms with Gasteiger partial charge in [0, 0.05) is 31.2 Å². The number of H-pyrrole nitrogens is 1. The van der Waals surface area contributed by atoms with Gasteiger partial charge in [-0.2, -0.15) is 0 Å². The lowest BCUT2D eigenvalue weighted by molar-refractivity contribution is 0.369. The van der Waals surface area contributed by atoms with Crippen molar-refractivity contribution in [1.29, 1.82) is 0 Å². The molecule has 4 rings (SSSR count). The van der Waals surface area contributed by atoms with Gasteiger partial charge in [-0.3, -0.25) is 0 Å². The maximum absolute atomic E-state index is 4.68. The summed E-state index contributed by atoms with van der Waals surface area (Å²) in [5.74, 6) is 1.95. The molecule has 0 saturated carbocycles. The molecule has 2 saturated heterocycles. The molecule has 2 fully saturated rings. The molecule has 2 aliphatic heterocycles. The van der Waals surface area contributed by atoms with Gasteiger partial charge >= 0.3 is 0 Å². The second kappa shape index (κ2) is 3.93. The minimum absolute atomic E-state index is 0.474. The van der Waals surface area contributed by atoms with E-state index in [0.29, 0.717) is 5.41 Å². The van der Waals surface area contributed by atoms with Gasteiger partial charge in [0.05, 0.1) is 5.39 Å². The standard InChI is InChI=1S/C14H19N5/c1-10-17-12-11(2-5-16-12)13(18-10)19-7-4-14(9-19)3-6-15-8-14/h2,5,15H,3-4,6-9H2,1H3,(H,16,17,18). The molecule has 0 radical (unpaired) electrons. The highest BCUT2D eigenvalue weighted by Crippen LogP contribution is 2.39. The van der Waals surface area contributed by atoms with E-state index in [2.05, 4.69) is 31.2 Å². The molecule has 100 valence electrons. The normalized spacial score (nSPS) is 26.9. The Balaban J connectivity index is 1.73. The Kier molecular flexibility index (Phi) is 2.33. The van der Waals surface area contributed by atoms with Crippen molar-refractivity contribution in [2.45, 2.75) is 19.8 Å². The Labute approximate surface area is 112 Å². The fourth-order valence-electron chi connectivity index (χ4n) is 3.53. The number of aromatic amines is 1. The van der Waals surface area contributed by atoms with Gasteiger partial charge in [0.25, 0.3) is 0 Å². The van der Waals surface area contributed by atoms with Gasteiger partial charge in [0.2, 0.25) is 0 Å². The molecule has 0 aromatic carbocycles. The third-order valence-corrected chi connectivity index (χ3v) is 4.58. The Hall–Kier alpha value is -1.62. The van der Waals surface area contributed by atoms with Crippen LogP contribution in [0.15, 0.2) is 12.3 Å². The number of anilines is 1. The van der Waals surface area contributed by atoms with E-state index in [9.17, 15) is 0 Å². The van der Waals surface area contributed by atoms with Gasteiger partial charge in [-0.05, 0) is 32.4 Å². The predicted molar refractivity (Wildman–Crippen MR) is 75.4 cm³/mol. The van der Waals surface area contributed by atoms with Crippen LogP contribution in [0, 0.1) is 12.3 Å². The molecule has 0 aliphatic carbocycles. The molecule has 5 heteroatoms. The van der Waals surface area contributed by atoms with Crippen LogP contribution in [-0.2, 0) is 0 Å². The fourth-order valence-corrected chi connectivity index (χ4v) is 3.53. The average Bonchev–Trinajstić information content (AvgIpc) is 3.11. The highest BCUT2D eigenvalue weighted by molar-refractivity contribution is 5.87. The number of nitrogens with zero attached hydrogens (tertiary/aromatic N) is 3. The van der Waals surface area contributed by atoms with Gasteiger partial charge < -0.3 is 15.2 Å². The highest BCUT2D eigenvalue weighted by Gasteiger charge is 2.41. The quantitative estimate of drug-likeness (QED) is 0.812. The Bertz CT molecular complexity index is 611. The summed E-state index contributed by atoms with van der Waals surface area (Å²) in [6.07, 6.45) is 4.52. The molecule has 2 aromatic rings. The van der Waals surface area contributed by atoms with Crippen molar-refractivity contribution < 1.29 is 0 Å².